The van der Waals surface area contributed by atoms with Gasteiger partial charge in [0.2, 0.25) is 5.95 Å². The zero-order chi connectivity index (χ0) is 14.0. The number of rotatable bonds is 3. The van der Waals surface area contributed by atoms with Crippen molar-refractivity contribution in [3.63, 3.8) is 0 Å². The van der Waals surface area contributed by atoms with Crippen LogP contribution in [0.3, 0.4) is 0 Å². The Morgan fingerprint density at radius 2 is 2.26 bits per heavy atom. The first-order valence-corrected chi connectivity index (χ1v) is 5.18. The van der Waals surface area contributed by atoms with Crippen molar-refractivity contribution in [2.45, 2.75) is 0 Å². The van der Waals surface area contributed by atoms with Gasteiger partial charge in [0.15, 0.2) is 0 Å². The van der Waals surface area contributed by atoms with E-state index in [1.807, 2.05) is 0 Å². The fourth-order valence-corrected chi connectivity index (χ4v) is 1.43. The fourth-order valence-electron chi connectivity index (χ4n) is 1.43. The van der Waals surface area contributed by atoms with Crippen molar-refractivity contribution in [3.8, 4) is 0 Å². The Morgan fingerprint density at radius 1 is 1.53 bits per heavy atom. The number of benzene rings is 1. The Morgan fingerprint density at radius 3 is 2.84 bits per heavy atom. The monoisotopic (exact) mass is 262 g/mol. The van der Waals surface area contributed by atoms with Crippen LogP contribution < -0.4 is 11.1 Å². The predicted molar refractivity (Wildman–Crippen MR) is 66.5 cm³/mol. The third kappa shape index (κ3) is 2.49. The predicted octanol–water partition coefficient (Wildman–Crippen LogP) is 0.558. The van der Waals surface area contributed by atoms with E-state index in [1.165, 1.54) is 23.1 Å². The van der Waals surface area contributed by atoms with Gasteiger partial charge in [-0.1, -0.05) is 0 Å². The molecule has 0 saturated carbocycles. The second kappa shape index (κ2) is 4.72. The van der Waals surface area contributed by atoms with Gasteiger partial charge in [0.1, 0.15) is 12.0 Å². The van der Waals surface area contributed by atoms with Crippen LogP contribution >= 0.6 is 0 Å². The lowest BCUT2D eigenvalue weighted by molar-refractivity contribution is -0.383. The molecule has 98 valence electrons. The standard InChI is InChI=1S/C10H10N6O3/c1-15-10(12-5-13-15)14-9(17)6-2-3-7(11)8(4-6)16(18)19/h2-5H,11H2,1H3,(H,12,13,14,17). The van der Waals surface area contributed by atoms with Crippen LogP contribution in [-0.4, -0.2) is 25.6 Å². The molecule has 2 aromatic rings. The summed E-state index contributed by atoms with van der Waals surface area (Å²) in [6, 6.07) is 3.82. The molecule has 1 amide bonds. The number of nitro groups is 1. The normalized spacial score (nSPS) is 10.2. The molecule has 0 saturated heterocycles. The molecule has 9 nitrogen and oxygen atoms in total. The zero-order valence-corrected chi connectivity index (χ0v) is 9.90. The minimum Gasteiger partial charge on any atom is -0.393 e. The number of nitrogens with two attached hydrogens (primary N) is 1. The van der Waals surface area contributed by atoms with E-state index in [-0.39, 0.29) is 22.9 Å². The lowest BCUT2D eigenvalue weighted by Crippen LogP contribution is -2.15. The highest BCUT2D eigenvalue weighted by molar-refractivity contribution is 6.04. The Kier molecular flexibility index (Phi) is 3.10. The minimum atomic E-state index is -0.644. The van der Waals surface area contributed by atoms with Crippen LogP contribution in [0.2, 0.25) is 0 Å². The maximum Gasteiger partial charge on any atom is 0.292 e. The number of nitrogen functional groups attached to an aromatic ring is 1. The highest BCUT2D eigenvalue weighted by atomic mass is 16.6. The molecule has 1 aromatic carbocycles. The minimum absolute atomic E-state index is 0.000193. The summed E-state index contributed by atoms with van der Waals surface area (Å²) in [4.78, 5) is 25.8. The van der Waals surface area contributed by atoms with Gasteiger partial charge in [0.25, 0.3) is 11.6 Å². The van der Waals surface area contributed by atoms with Crippen LogP contribution in [0.25, 0.3) is 0 Å². The number of amides is 1. The SMILES string of the molecule is Cn1ncnc1NC(=O)c1ccc(N)c([N+](=O)[O-])c1. The quantitative estimate of drug-likeness (QED) is 0.472. The number of nitrogens with zero attached hydrogens (tertiary/aromatic N) is 4. The second-order valence-electron chi connectivity index (χ2n) is 3.69. The number of hydrogen-bond donors (Lipinski definition) is 2. The second-order valence-corrected chi connectivity index (χ2v) is 3.69. The summed E-state index contributed by atoms with van der Waals surface area (Å²) in [5, 5.41) is 17.0. The summed E-state index contributed by atoms with van der Waals surface area (Å²) in [6.07, 6.45) is 1.28. The molecule has 0 aliphatic carbocycles. The molecule has 0 bridgehead atoms. The van der Waals surface area contributed by atoms with Gasteiger partial charge in [-0.25, -0.2) is 4.68 Å². The van der Waals surface area contributed by atoms with Gasteiger partial charge in [0.05, 0.1) is 4.92 Å². The Hall–Kier alpha value is -2.97. The van der Waals surface area contributed by atoms with Crippen LogP contribution in [0.1, 0.15) is 10.4 Å². The van der Waals surface area contributed by atoms with E-state index >= 15 is 0 Å². The van der Waals surface area contributed by atoms with Crippen LogP contribution in [0.4, 0.5) is 17.3 Å². The molecule has 2 rings (SSSR count). The zero-order valence-electron chi connectivity index (χ0n) is 9.90. The Balaban J connectivity index is 2.27. The lowest BCUT2D eigenvalue weighted by Gasteiger charge is -2.04. The van der Waals surface area contributed by atoms with Crippen molar-refractivity contribution in [1.29, 1.82) is 0 Å². The van der Waals surface area contributed by atoms with Crippen molar-refractivity contribution in [1.82, 2.24) is 14.8 Å². The summed E-state index contributed by atoms with van der Waals surface area (Å²) >= 11 is 0. The first-order chi connectivity index (χ1) is 8.99. The smallest absolute Gasteiger partial charge is 0.292 e. The highest BCUT2D eigenvalue weighted by Crippen LogP contribution is 2.22. The van der Waals surface area contributed by atoms with Crippen LogP contribution in [-0.2, 0) is 7.05 Å². The number of aromatic nitrogens is 3. The van der Waals surface area contributed by atoms with E-state index in [1.54, 1.807) is 7.05 Å². The molecule has 1 heterocycles. The third-order valence-electron chi connectivity index (χ3n) is 2.43. The van der Waals surface area contributed by atoms with Crippen LogP contribution in [0.5, 0.6) is 0 Å². The molecule has 0 aliphatic rings. The largest absolute Gasteiger partial charge is 0.393 e. The number of nitrogens with one attached hydrogen (secondary N) is 1. The van der Waals surface area contributed by atoms with E-state index < -0.39 is 10.8 Å². The summed E-state index contributed by atoms with van der Waals surface area (Å²) in [5.41, 5.74) is 5.25. The van der Waals surface area contributed by atoms with Gasteiger partial charge in [-0.2, -0.15) is 10.1 Å². The van der Waals surface area contributed by atoms with Crippen molar-refractivity contribution < 1.29 is 9.72 Å². The van der Waals surface area contributed by atoms with Gasteiger partial charge in [-0.3, -0.25) is 20.2 Å². The highest BCUT2D eigenvalue weighted by Gasteiger charge is 2.16. The number of nitro benzene ring substituents is 1. The van der Waals surface area contributed by atoms with E-state index in [0.29, 0.717) is 0 Å². The van der Waals surface area contributed by atoms with Gasteiger partial charge in [0, 0.05) is 18.7 Å². The average Bonchev–Trinajstić information content (AvgIpc) is 2.75. The molecule has 9 heteroatoms. The Labute approximate surface area is 107 Å². The number of anilines is 2. The molecule has 0 fully saturated rings. The van der Waals surface area contributed by atoms with Crippen molar-refractivity contribution in [2.75, 3.05) is 11.1 Å². The van der Waals surface area contributed by atoms with Crippen molar-refractivity contribution >= 4 is 23.2 Å². The van der Waals surface area contributed by atoms with Gasteiger partial charge < -0.3 is 5.73 Å². The average molecular weight is 262 g/mol. The summed E-state index contributed by atoms with van der Waals surface area (Å²) < 4.78 is 1.36. The number of hydrogen-bond acceptors (Lipinski definition) is 6. The number of carbonyl (C=O) groups is 1. The summed E-state index contributed by atoms with van der Waals surface area (Å²) in [6.45, 7) is 0. The molecular formula is C10H10N6O3. The van der Waals surface area contributed by atoms with Crippen molar-refractivity contribution in [3.05, 3.63) is 40.2 Å². The molecule has 19 heavy (non-hydrogen) atoms. The maximum atomic E-state index is 11.9. The van der Waals surface area contributed by atoms with E-state index in [0.717, 1.165) is 6.07 Å². The Bertz CT molecular complexity index is 650. The molecule has 0 radical (unpaired) electrons. The molecule has 1 aromatic heterocycles. The topological polar surface area (TPSA) is 129 Å². The first kappa shape index (κ1) is 12.5. The van der Waals surface area contributed by atoms with Crippen molar-refractivity contribution in [2.24, 2.45) is 7.05 Å². The number of aryl methyl sites for hydroxylation is 1. The molecule has 3 N–H and O–H groups in total. The van der Waals surface area contributed by atoms with Gasteiger partial charge in [-0.05, 0) is 12.1 Å². The molecule has 0 spiro atoms. The number of carbonyl (C=O) groups excluding carboxylic acids is 1. The third-order valence-corrected chi connectivity index (χ3v) is 2.43. The van der Waals surface area contributed by atoms with E-state index in [9.17, 15) is 14.9 Å². The summed E-state index contributed by atoms with van der Waals surface area (Å²) in [7, 11) is 1.61. The molecule has 0 aliphatic heterocycles. The van der Waals surface area contributed by atoms with Gasteiger partial charge in [-0.15, -0.1) is 0 Å². The first-order valence-electron chi connectivity index (χ1n) is 5.18. The van der Waals surface area contributed by atoms with Gasteiger partial charge >= 0.3 is 0 Å². The van der Waals surface area contributed by atoms with Crippen LogP contribution in [0, 0.1) is 10.1 Å². The maximum absolute atomic E-state index is 11.9. The van der Waals surface area contributed by atoms with Crippen LogP contribution in [0.15, 0.2) is 24.5 Å². The fraction of sp³-hybridized carbons (Fsp3) is 0.100. The molecule has 0 atom stereocenters. The summed E-state index contributed by atoms with van der Waals surface area (Å²) in [5.74, 6) is -0.288. The molecule has 0 unspecified atom stereocenters. The van der Waals surface area contributed by atoms with E-state index in [4.69, 9.17) is 5.73 Å². The molecular weight excluding hydrogens is 252 g/mol. The van der Waals surface area contributed by atoms with E-state index in [2.05, 4.69) is 15.4 Å². The lowest BCUT2D eigenvalue weighted by atomic mass is 10.1.